The van der Waals surface area contributed by atoms with E-state index in [1.807, 2.05) is 61.7 Å². The smallest absolute Gasteiger partial charge is 0.339 e. The van der Waals surface area contributed by atoms with Crippen molar-refractivity contribution in [3.05, 3.63) is 139 Å². The van der Waals surface area contributed by atoms with E-state index in [1.165, 1.54) is 54.6 Å². The minimum atomic E-state index is -4.54. The zero-order valence-electron chi connectivity index (χ0n) is 32.0. The maximum absolute atomic E-state index is 14.1. The molecule has 0 aliphatic rings. The molecule has 0 unspecified atom stereocenters. The molecule has 14 nitrogen and oxygen atoms in total. The third-order valence-electron chi connectivity index (χ3n) is 10.1. The molecule has 0 fully saturated rings. The minimum absolute atomic E-state index is 0.0885. The van der Waals surface area contributed by atoms with E-state index in [1.54, 1.807) is 36.4 Å². The van der Waals surface area contributed by atoms with Gasteiger partial charge in [-0.25, -0.2) is 4.98 Å². The molecule has 2 aromatic heterocycles. The molecule has 7 aromatic carbocycles. The summed E-state index contributed by atoms with van der Waals surface area (Å²) in [6.45, 7) is 5.92. The molecule has 0 radical (unpaired) electrons. The fourth-order valence-corrected chi connectivity index (χ4v) is 9.51. The van der Waals surface area contributed by atoms with Crippen molar-refractivity contribution in [2.75, 3.05) is 0 Å². The van der Waals surface area contributed by atoms with Crippen molar-refractivity contribution in [1.29, 1.82) is 0 Å². The zero-order chi connectivity index (χ0) is 42.1. The van der Waals surface area contributed by atoms with Crippen LogP contribution in [-0.2, 0) is 36.9 Å². The van der Waals surface area contributed by atoms with Gasteiger partial charge in [0.2, 0.25) is 0 Å². The standard InChI is InChI=1S/C43H33N5O9S3/c1-4-47-42-34-8-6-5-7-28(34)13-22-37(42)44-43(47)35-24-40(57-60(54,55)31-17-11-27(3)12-18-31)38(25-39(35)56-59(52,53)30-15-9-26(2)10-16-30)48-45-36-21-14-29-23-32(58(49,50)51)19-20-33(29)41(36)46-48/h5-25H,4H2,1-3H3,(H,49,50,51). The van der Waals surface area contributed by atoms with E-state index < -0.39 is 30.4 Å². The minimum Gasteiger partial charge on any atom is -0.378 e. The molecule has 0 aliphatic heterocycles. The van der Waals surface area contributed by atoms with E-state index in [4.69, 9.17) is 13.4 Å². The molecule has 0 atom stereocenters. The third-order valence-corrected chi connectivity index (χ3v) is 13.5. The van der Waals surface area contributed by atoms with Crippen LogP contribution in [0.5, 0.6) is 11.5 Å². The van der Waals surface area contributed by atoms with Gasteiger partial charge in [0, 0.05) is 23.4 Å². The summed E-state index contributed by atoms with van der Waals surface area (Å²) in [6, 6.07) is 33.5. The monoisotopic (exact) mass is 859 g/mol. The van der Waals surface area contributed by atoms with Crippen LogP contribution >= 0.6 is 0 Å². The number of hydrogen-bond acceptors (Lipinski definition) is 11. The van der Waals surface area contributed by atoms with Gasteiger partial charge in [-0.2, -0.15) is 25.3 Å². The number of rotatable bonds is 10. The van der Waals surface area contributed by atoms with Crippen LogP contribution in [0.25, 0.3) is 60.7 Å². The highest BCUT2D eigenvalue weighted by Gasteiger charge is 2.29. The topological polar surface area (TPSA) is 190 Å². The lowest BCUT2D eigenvalue weighted by Gasteiger charge is -2.17. The van der Waals surface area contributed by atoms with Crippen LogP contribution in [0, 0.1) is 13.8 Å². The summed E-state index contributed by atoms with van der Waals surface area (Å²) in [4.78, 5) is 5.46. The Kier molecular flexibility index (Phi) is 9.23. The molecule has 0 bridgehead atoms. The van der Waals surface area contributed by atoms with Gasteiger partial charge in [-0.15, -0.1) is 15.0 Å². The van der Waals surface area contributed by atoms with Crippen molar-refractivity contribution in [1.82, 2.24) is 24.5 Å². The maximum atomic E-state index is 14.1. The predicted molar refractivity (Wildman–Crippen MR) is 226 cm³/mol. The van der Waals surface area contributed by atoms with Crippen LogP contribution in [0.15, 0.2) is 142 Å². The molecule has 9 rings (SSSR count). The van der Waals surface area contributed by atoms with E-state index >= 15 is 0 Å². The van der Waals surface area contributed by atoms with Gasteiger partial charge in [-0.3, -0.25) is 4.55 Å². The van der Waals surface area contributed by atoms with Crippen molar-refractivity contribution in [2.24, 2.45) is 0 Å². The number of imidazole rings is 1. The molecule has 60 heavy (non-hydrogen) atoms. The van der Waals surface area contributed by atoms with Gasteiger partial charge in [0.25, 0.3) is 10.1 Å². The lowest BCUT2D eigenvalue weighted by atomic mass is 10.1. The zero-order valence-corrected chi connectivity index (χ0v) is 34.5. The molecule has 0 saturated heterocycles. The average Bonchev–Trinajstić information content (AvgIpc) is 3.83. The van der Waals surface area contributed by atoms with E-state index in [0.29, 0.717) is 28.4 Å². The summed E-state index contributed by atoms with van der Waals surface area (Å²) in [5, 5.41) is 12.0. The van der Waals surface area contributed by atoms with Crippen LogP contribution in [0.3, 0.4) is 0 Å². The molecule has 0 amide bonds. The molecule has 1 N–H and O–H groups in total. The maximum Gasteiger partial charge on any atom is 0.339 e. The highest BCUT2D eigenvalue weighted by molar-refractivity contribution is 7.87. The summed E-state index contributed by atoms with van der Waals surface area (Å²) in [7, 11) is -13.6. The third kappa shape index (κ3) is 6.90. The molecule has 0 spiro atoms. The Morgan fingerprint density at radius 1 is 0.600 bits per heavy atom. The van der Waals surface area contributed by atoms with Crippen molar-refractivity contribution in [2.45, 2.75) is 42.0 Å². The van der Waals surface area contributed by atoms with Crippen molar-refractivity contribution < 1.29 is 38.2 Å². The Balaban J connectivity index is 1.33. The van der Waals surface area contributed by atoms with Gasteiger partial charge in [0.05, 0.1) is 21.5 Å². The molecule has 0 aliphatic carbocycles. The van der Waals surface area contributed by atoms with Crippen molar-refractivity contribution in [3.63, 3.8) is 0 Å². The summed E-state index contributed by atoms with van der Waals surface area (Å²) < 4.78 is 104. The lowest BCUT2D eigenvalue weighted by molar-refractivity contribution is 0.475. The summed E-state index contributed by atoms with van der Waals surface area (Å²) in [6.07, 6.45) is 0. The highest BCUT2D eigenvalue weighted by Crippen LogP contribution is 2.42. The highest BCUT2D eigenvalue weighted by atomic mass is 32.2. The molecule has 0 saturated carbocycles. The Bertz CT molecular complexity index is 3550. The normalized spacial score (nSPS) is 12.5. The molecule has 9 aromatic rings. The lowest BCUT2D eigenvalue weighted by Crippen LogP contribution is -2.15. The molecular weight excluding hydrogens is 827 g/mol. The Morgan fingerprint density at radius 3 is 1.85 bits per heavy atom. The van der Waals surface area contributed by atoms with Crippen LogP contribution in [0.4, 0.5) is 0 Å². The van der Waals surface area contributed by atoms with Crippen LogP contribution in [-0.4, -0.2) is 54.4 Å². The number of hydrogen-bond donors (Lipinski definition) is 1. The van der Waals surface area contributed by atoms with Crippen molar-refractivity contribution in [3.8, 4) is 28.6 Å². The first kappa shape index (κ1) is 38.8. The first-order valence-corrected chi connectivity index (χ1v) is 22.7. The molecular formula is C43H33N5O9S3. The van der Waals surface area contributed by atoms with E-state index in [9.17, 15) is 29.8 Å². The molecule has 302 valence electrons. The molecule has 2 heterocycles. The van der Waals surface area contributed by atoms with E-state index in [-0.39, 0.29) is 48.8 Å². The summed E-state index contributed by atoms with van der Waals surface area (Å²) >= 11 is 0. The van der Waals surface area contributed by atoms with Gasteiger partial charge >= 0.3 is 20.2 Å². The van der Waals surface area contributed by atoms with E-state index in [2.05, 4.69) is 10.2 Å². The summed E-state index contributed by atoms with van der Waals surface area (Å²) in [5.41, 5.74) is 3.57. The van der Waals surface area contributed by atoms with Crippen LogP contribution in [0.1, 0.15) is 18.1 Å². The quantitative estimate of drug-likeness (QED) is 0.103. The van der Waals surface area contributed by atoms with Gasteiger partial charge in [0.1, 0.15) is 32.3 Å². The van der Waals surface area contributed by atoms with Gasteiger partial charge in [-0.1, -0.05) is 77.9 Å². The second-order valence-corrected chi connectivity index (χ2v) is 18.6. The number of nitrogens with zero attached hydrogens (tertiary/aromatic N) is 5. The number of benzene rings is 7. The number of aryl methyl sites for hydroxylation is 3. The fourth-order valence-electron chi connectivity index (χ4n) is 7.12. The fraction of sp³-hybridized carbons (Fsp3) is 0.0930. The van der Waals surface area contributed by atoms with Crippen LogP contribution in [0.2, 0.25) is 0 Å². The number of fused-ring (bicyclic) bond motifs is 6. The molecule has 17 heteroatoms. The number of aromatic nitrogens is 5. The Labute approximate surface area is 344 Å². The van der Waals surface area contributed by atoms with Crippen LogP contribution < -0.4 is 8.37 Å². The van der Waals surface area contributed by atoms with Crippen molar-refractivity contribution >= 4 is 74.0 Å². The van der Waals surface area contributed by atoms with Gasteiger partial charge in [-0.05, 0) is 86.1 Å². The second kappa shape index (κ2) is 14.3. The second-order valence-electron chi connectivity index (χ2n) is 14.1. The predicted octanol–water partition coefficient (Wildman–Crippen LogP) is 8.16. The first-order chi connectivity index (χ1) is 28.6. The van der Waals surface area contributed by atoms with Gasteiger partial charge < -0.3 is 12.9 Å². The Morgan fingerprint density at radius 2 is 1.20 bits per heavy atom. The average molecular weight is 860 g/mol. The van der Waals surface area contributed by atoms with E-state index in [0.717, 1.165) is 32.2 Å². The SMILES string of the molecule is CCn1c(-c2cc(OS(=O)(=O)c3ccc(C)cc3)c(-n3nc4ccc5cc(S(=O)(=O)O)ccc5c4n3)cc2OS(=O)(=O)c2ccc(C)cc2)nc2ccc3ccccc3c21. The first-order valence-electron chi connectivity index (χ1n) is 18.5. The Hall–Kier alpha value is -6.66. The summed E-state index contributed by atoms with van der Waals surface area (Å²) in [5.74, 6) is -0.256. The largest absolute Gasteiger partial charge is 0.378 e. The van der Waals surface area contributed by atoms with Gasteiger partial charge in [0.15, 0.2) is 11.5 Å².